The van der Waals surface area contributed by atoms with Gasteiger partial charge in [-0.25, -0.2) is 5.43 Å². The van der Waals surface area contributed by atoms with Crippen LogP contribution in [0.5, 0.6) is 5.75 Å². The number of aromatic hydroxyl groups is 1. The van der Waals surface area contributed by atoms with Crippen molar-refractivity contribution in [2.24, 2.45) is 5.10 Å². The van der Waals surface area contributed by atoms with E-state index in [4.69, 9.17) is 11.6 Å². The van der Waals surface area contributed by atoms with Crippen molar-refractivity contribution in [1.29, 1.82) is 0 Å². The maximum absolute atomic E-state index is 11.9. The van der Waals surface area contributed by atoms with Gasteiger partial charge in [0.05, 0.1) is 21.6 Å². The van der Waals surface area contributed by atoms with Crippen LogP contribution in [0, 0.1) is 20.2 Å². The quantitative estimate of drug-likeness (QED) is 0.473. The second-order valence-corrected chi connectivity index (χ2v) is 5.03. The van der Waals surface area contributed by atoms with Gasteiger partial charge in [-0.1, -0.05) is 17.7 Å². The Balaban J connectivity index is 2.16. The summed E-state index contributed by atoms with van der Waals surface area (Å²) in [5, 5.41) is 34.6. The molecule has 11 heteroatoms. The molecule has 2 rings (SSSR count). The first-order chi connectivity index (χ1) is 11.8. The molecule has 10 nitrogen and oxygen atoms in total. The number of carbonyl (C=O) groups is 1. The summed E-state index contributed by atoms with van der Waals surface area (Å²) in [4.78, 5) is 32.0. The van der Waals surface area contributed by atoms with Gasteiger partial charge in [0.25, 0.3) is 17.3 Å². The molecule has 2 aromatic carbocycles. The van der Waals surface area contributed by atoms with E-state index >= 15 is 0 Å². The molecule has 0 heterocycles. The van der Waals surface area contributed by atoms with Crippen molar-refractivity contribution >= 4 is 35.1 Å². The van der Waals surface area contributed by atoms with Crippen molar-refractivity contribution in [2.45, 2.75) is 0 Å². The Morgan fingerprint density at radius 2 is 1.88 bits per heavy atom. The lowest BCUT2D eigenvalue weighted by Gasteiger charge is -2.03. The zero-order valence-corrected chi connectivity index (χ0v) is 13.0. The van der Waals surface area contributed by atoms with Gasteiger partial charge < -0.3 is 5.11 Å². The van der Waals surface area contributed by atoms with Crippen molar-refractivity contribution in [3.63, 3.8) is 0 Å². The minimum atomic E-state index is -0.888. The predicted molar refractivity (Wildman–Crippen MR) is 87.9 cm³/mol. The van der Waals surface area contributed by atoms with E-state index in [0.717, 1.165) is 30.5 Å². The van der Waals surface area contributed by atoms with E-state index in [9.17, 15) is 30.1 Å². The highest BCUT2D eigenvalue weighted by Crippen LogP contribution is 2.24. The molecule has 1 amide bonds. The molecule has 0 fully saturated rings. The van der Waals surface area contributed by atoms with Crippen LogP contribution in [0.3, 0.4) is 0 Å². The third kappa shape index (κ3) is 4.26. The van der Waals surface area contributed by atoms with Gasteiger partial charge in [0.2, 0.25) is 0 Å². The smallest absolute Gasteiger partial charge is 0.288 e. The fourth-order valence-electron chi connectivity index (χ4n) is 1.80. The molecule has 0 aliphatic heterocycles. The molecule has 128 valence electrons. The first-order valence-corrected chi connectivity index (χ1v) is 6.92. The van der Waals surface area contributed by atoms with Gasteiger partial charge in [0.15, 0.2) is 0 Å². The van der Waals surface area contributed by atoms with E-state index in [1.807, 2.05) is 0 Å². The highest BCUT2D eigenvalue weighted by molar-refractivity contribution is 6.32. The molecule has 0 unspecified atom stereocenters. The van der Waals surface area contributed by atoms with Crippen LogP contribution in [-0.2, 0) is 0 Å². The van der Waals surface area contributed by atoms with E-state index in [-0.39, 0.29) is 22.0 Å². The summed E-state index contributed by atoms with van der Waals surface area (Å²) in [5.41, 5.74) is 1.31. The number of benzene rings is 2. The zero-order chi connectivity index (χ0) is 18.6. The van der Waals surface area contributed by atoms with Gasteiger partial charge in [-0.05, 0) is 12.1 Å². The van der Waals surface area contributed by atoms with Gasteiger partial charge in [0, 0.05) is 23.8 Å². The lowest BCUT2D eigenvalue weighted by atomic mass is 10.1. The number of nitro benzene ring substituents is 2. The molecule has 0 saturated heterocycles. The second-order valence-electron chi connectivity index (χ2n) is 4.63. The Labute approximate surface area is 144 Å². The van der Waals surface area contributed by atoms with Crippen molar-refractivity contribution < 1.29 is 19.7 Å². The number of hydrazone groups is 1. The lowest BCUT2D eigenvalue weighted by Crippen LogP contribution is -2.18. The number of halogens is 1. The van der Waals surface area contributed by atoms with E-state index < -0.39 is 21.5 Å². The predicted octanol–water partition coefficient (Wildman–Crippen LogP) is 2.63. The van der Waals surface area contributed by atoms with Crippen molar-refractivity contribution in [3.8, 4) is 5.75 Å². The zero-order valence-electron chi connectivity index (χ0n) is 12.2. The third-order valence-corrected chi connectivity index (χ3v) is 3.30. The Bertz CT molecular complexity index is 899. The van der Waals surface area contributed by atoms with Crippen molar-refractivity contribution in [2.75, 3.05) is 0 Å². The Morgan fingerprint density at radius 1 is 1.16 bits per heavy atom. The van der Waals surface area contributed by atoms with Crippen LogP contribution in [0.25, 0.3) is 0 Å². The van der Waals surface area contributed by atoms with E-state index in [0.29, 0.717) is 5.56 Å². The normalized spacial score (nSPS) is 10.6. The fraction of sp³-hybridized carbons (Fsp3) is 0. The van der Waals surface area contributed by atoms with Crippen LogP contribution in [0.4, 0.5) is 11.4 Å². The number of nitrogens with one attached hydrogen (secondary N) is 1. The number of hydrogen-bond acceptors (Lipinski definition) is 7. The molecule has 0 aromatic heterocycles. The first-order valence-electron chi connectivity index (χ1n) is 6.54. The average Bonchev–Trinajstić information content (AvgIpc) is 2.56. The summed E-state index contributed by atoms with van der Waals surface area (Å²) in [6, 6.07) is 6.85. The molecular weight excluding hydrogens is 356 g/mol. The van der Waals surface area contributed by atoms with Crippen molar-refractivity contribution in [3.05, 3.63) is 72.8 Å². The van der Waals surface area contributed by atoms with Crippen LogP contribution in [-0.4, -0.2) is 27.1 Å². The second kappa shape index (κ2) is 7.36. The van der Waals surface area contributed by atoms with Crippen molar-refractivity contribution in [1.82, 2.24) is 5.43 Å². The van der Waals surface area contributed by atoms with Crippen LogP contribution < -0.4 is 5.43 Å². The highest BCUT2D eigenvalue weighted by Gasteiger charge is 2.16. The molecule has 0 aliphatic carbocycles. The number of nitrogens with zero attached hydrogens (tertiary/aromatic N) is 3. The fourth-order valence-corrected chi connectivity index (χ4v) is 1.98. The topological polar surface area (TPSA) is 148 Å². The molecule has 0 bridgehead atoms. The number of hydrogen-bond donors (Lipinski definition) is 2. The van der Waals surface area contributed by atoms with Gasteiger partial charge >= 0.3 is 0 Å². The molecule has 0 radical (unpaired) electrons. The summed E-state index contributed by atoms with van der Waals surface area (Å²) in [5.74, 6) is -1.35. The maximum Gasteiger partial charge on any atom is 0.288 e. The summed E-state index contributed by atoms with van der Waals surface area (Å²) < 4.78 is 0. The monoisotopic (exact) mass is 364 g/mol. The molecule has 2 aromatic rings. The third-order valence-electron chi connectivity index (χ3n) is 2.98. The van der Waals surface area contributed by atoms with Crippen LogP contribution in [0.15, 0.2) is 41.5 Å². The van der Waals surface area contributed by atoms with E-state index in [2.05, 4.69) is 10.5 Å². The molecule has 0 saturated carbocycles. The maximum atomic E-state index is 11.9. The number of phenolic OH excluding ortho intramolecular Hbond substituents is 1. The largest absolute Gasteiger partial charge is 0.507 e. The Hall–Kier alpha value is -3.53. The minimum Gasteiger partial charge on any atom is -0.507 e. The molecular formula is C14H9ClN4O6. The van der Waals surface area contributed by atoms with Crippen LogP contribution in [0.1, 0.15) is 15.9 Å². The number of non-ortho nitro benzene ring substituents is 1. The Morgan fingerprint density at radius 3 is 2.52 bits per heavy atom. The molecule has 25 heavy (non-hydrogen) atoms. The lowest BCUT2D eigenvalue weighted by molar-refractivity contribution is -0.385. The molecule has 0 spiro atoms. The molecule has 2 N–H and O–H groups in total. The van der Waals surface area contributed by atoms with Gasteiger partial charge in [-0.2, -0.15) is 5.10 Å². The standard InChI is InChI=1S/C14H9ClN4O6/c15-11-3-1-8(5-12(11)19(24)25)7-16-17-14(21)10-6-9(18(22)23)2-4-13(10)20/h1-7,20H,(H,17,21)/b16-7-. The number of rotatable bonds is 5. The van der Waals surface area contributed by atoms with E-state index in [1.54, 1.807) is 0 Å². The van der Waals surface area contributed by atoms with Gasteiger partial charge in [-0.15, -0.1) is 0 Å². The summed E-state index contributed by atoms with van der Waals surface area (Å²) in [7, 11) is 0. The van der Waals surface area contributed by atoms with Gasteiger partial charge in [0.1, 0.15) is 10.8 Å². The summed E-state index contributed by atoms with van der Waals surface area (Å²) in [6.07, 6.45) is 1.12. The van der Waals surface area contributed by atoms with Crippen LogP contribution >= 0.6 is 11.6 Å². The molecule has 0 atom stereocenters. The minimum absolute atomic E-state index is 0.0484. The van der Waals surface area contributed by atoms with Crippen LogP contribution in [0.2, 0.25) is 5.02 Å². The molecule has 0 aliphatic rings. The number of carbonyl (C=O) groups excluding carboxylic acids is 1. The highest BCUT2D eigenvalue weighted by atomic mass is 35.5. The SMILES string of the molecule is O=C(N/N=C\c1ccc(Cl)c([N+](=O)[O-])c1)c1cc([N+](=O)[O-])ccc1O. The number of nitro groups is 2. The average molecular weight is 365 g/mol. The number of amides is 1. The first kappa shape index (κ1) is 17.8. The van der Waals surface area contributed by atoms with Gasteiger partial charge in [-0.3, -0.25) is 25.0 Å². The summed E-state index contributed by atoms with van der Waals surface area (Å²) in [6.45, 7) is 0. The number of phenols is 1. The summed E-state index contributed by atoms with van der Waals surface area (Å²) >= 11 is 5.67. The Kier molecular flexibility index (Phi) is 5.25. The van der Waals surface area contributed by atoms with E-state index in [1.165, 1.54) is 12.1 Å².